The molecule has 3 rings (SSSR count). The molecule has 1 heterocycles. The third-order valence-corrected chi connectivity index (χ3v) is 6.06. The van der Waals surface area contributed by atoms with Crippen LogP contribution in [0.2, 0.25) is 0 Å². The van der Waals surface area contributed by atoms with Crippen LogP contribution in [-0.2, 0) is 19.6 Å². The van der Waals surface area contributed by atoms with Crippen molar-refractivity contribution in [2.24, 2.45) is 5.73 Å². The first-order valence-corrected chi connectivity index (χ1v) is 11.2. The highest BCUT2D eigenvalue weighted by molar-refractivity contribution is 7.92. The number of methoxy groups -OCH3 is 1. The van der Waals surface area contributed by atoms with Gasteiger partial charge >= 0.3 is 6.03 Å². The Morgan fingerprint density at radius 3 is 2.38 bits per heavy atom. The van der Waals surface area contributed by atoms with Gasteiger partial charge in [-0.15, -0.1) is 0 Å². The number of rotatable bonds is 8. The van der Waals surface area contributed by atoms with Gasteiger partial charge in [-0.2, -0.15) is 0 Å². The first kappa shape index (κ1) is 23.2. The van der Waals surface area contributed by atoms with E-state index in [1.54, 1.807) is 36.4 Å². The van der Waals surface area contributed by atoms with E-state index >= 15 is 0 Å². The molecule has 32 heavy (non-hydrogen) atoms. The summed E-state index contributed by atoms with van der Waals surface area (Å²) in [5.41, 5.74) is 6.07. The van der Waals surface area contributed by atoms with Crippen molar-refractivity contribution < 1.29 is 27.5 Å². The summed E-state index contributed by atoms with van der Waals surface area (Å²) in [6.45, 7) is 1.66. The highest BCUT2D eigenvalue weighted by Gasteiger charge is 2.24. The molecule has 0 bridgehead atoms. The van der Waals surface area contributed by atoms with Crippen molar-refractivity contribution >= 4 is 39.0 Å². The maximum Gasteiger partial charge on any atom is 0.312 e. The third-order valence-electron chi connectivity index (χ3n) is 4.65. The van der Waals surface area contributed by atoms with Gasteiger partial charge in [0.15, 0.2) is 0 Å². The molecule has 5 N–H and O–H groups in total. The van der Waals surface area contributed by atoms with Gasteiger partial charge in [0.25, 0.3) is 10.0 Å². The van der Waals surface area contributed by atoms with Crippen molar-refractivity contribution in [3.8, 4) is 5.75 Å². The Balaban J connectivity index is 1.91. The van der Waals surface area contributed by atoms with Gasteiger partial charge in [0.1, 0.15) is 10.6 Å². The van der Waals surface area contributed by atoms with Crippen LogP contribution in [0.4, 0.5) is 21.9 Å². The summed E-state index contributed by atoms with van der Waals surface area (Å²) in [6, 6.07) is 10.2. The zero-order valence-corrected chi connectivity index (χ0v) is 18.3. The summed E-state index contributed by atoms with van der Waals surface area (Å²) in [6.07, 6.45) is 0. The lowest BCUT2D eigenvalue weighted by Gasteiger charge is -2.30. The average Bonchev–Trinajstić information content (AvgIpc) is 2.78. The van der Waals surface area contributed by atoms with Gasteiger partial charge in [0.05, 0.1) is 32.6 Å². The molecule has 172 valence electrons. The van der Waals surface area contributed by atoms with E-state index in [0.29, 0.717) is 43.4 Å². The molecule has 0 spiro atoms. The topological polar surface area (TPSA) is 152 Å². The number of morpholine rings is 1. The minimum absolute atomic E-state index is 0.00382. The SMILES string of the molecule is COc1ccc(NS(=O)(=O)c2cc(NC(=O)CNC(N)=O)ccc2N2CCOCC2)cc1. The van der Waals surface area contributed by atoms with Crippen LogP contribution in [0, 0.1) is 0 Å². The number of nitrogens with one attached hydrogen (secondary N) is 3. The highest BCUT2D eigenvalue weighted by atomic mass is 32.2. The first-order valence-electron chi connectivity index (χ1n) is 9.75. The summed E-state index contributed by atoms with van der Waals surface area (Å²) in [7, 11) is -2.49. The van der Waals surface area contributed by atoms with Crippen LogP contribution in [-0.4, -0.2) is 60.3 Å². The molecule has 0 unspecified atom stereocenters. The van der Waals surface area contributed by atoms with Crippen LogP contribution < -0.4 is 30.7 Å². The van der Waals surface area contributed by atoms with Gasteiger partial charge in [-0.25, -0.2) is 13.2 Å². The van der Waals surface area contributed by atoms with Gasteiger partial charge in [0.2, 0.25) is 5.91 Å². The predicted molar refractivity (Wildman–Crippen MR) is 119 cm³/mol. The van der Waals surface area contributed by atoms with E-state index in [0.717, 1.165) is 0 Å². The second kappa shape index (κ2) is 10.2. The molecule has 11 nitrogen and oxygen atoms in total. The summed E-state index contributed by atoms with van der Waals surface area (Å²) in [5, 5.41) is 4.74. The van der Waals surface area contributed by atoms with E-state index < -0.39 is 22.0 Å². The molecule has 0 radical (unpaired) electrons. The van der Waals surface area contributed by atoms with E-state index in [4.69, 9.17) is 15.2 Å². The van der Waals surface area contributed by atoms with Crippen LogP contribution in [0.1, 0.15) is 0 Å². The molecule has 2 aromatic rings. The lowest BCUT2D eigenvalue weighted by atomic mass is 10.2. The van der Waals surface area contributed by atoms with Crippen molar-refractivity contribution in [1.82, 2.24) is 5.32 Å². The van der Waals surface area contributed by atoms with Crippen molar-refractivity contribution in [3.63, 3.8) is 0 Å². The Labute approximate surface area is 185 Å². The van der Waals surface area contributed by atoms with E-state index in [2.05, 4.69) is 15.4 Å². The molecular formula is C20H25N5O6S. The number of nitrogens with zero attached hydrogens (tertiary/aromatic N) is 1. The smallest absolute Gasteiger partial charge is 0.312 e. The number of amides is 3. The Hall–Kier alpha value is -3.51. The summed E-state index contributed by atoms with van der Waals surface area (Å²) in [5.74, 6) is 0.0469. The molecule has 0 atom stereocenters. The third kappa shape index (κ3) is 6.02. The number of anilines is 3. The van der Waals surface area contributed by atoms with Crippen molar-refractivity contribution in [2.75, 3.05) is 54.9 Å². The molecule has 2 aromatic carbocycles. The largest absolute Gasteiger partial charge is 0.497 e. The number of carbonyl (C=O) groups is 2. The standard InChI is InChI=1S/C20H25N5O6S/c1-30-16-5-2-14(3-6-16)24-32(28,29)18-12-15(23-19(26)13-22-20(21)27)4-7-17(18)25-8-10-31-11-9-25/h2-7,12,24H,8-11,13H2,1H3,(H,23,26)(H3,21,22,27). The van der Waals surface area contributed by atoms with Crippen molar-refractivity contribution in [3.05, 3.63) is 42.5 Å². The van der Waals surface area contributed by atoms with Gasteiger partial charge < -0.3 is 30.7 Å². The van der Waals surface area contributed by atoms with Crippen LogP contribution >= 0.6 is 0 Å². The van der Waals surface area contributed by atoms with Gasteiger partial charge in [-0.05, 0) is 42.5 Å². The average molecular weight is 464 g/mol. The Kier molecular flexibility index (Phi) is 7.38. The van der Waals surface area contributed by atoms with Gasteiger partial charge in [0, 0.05) is 24.5 Å². The number of carbonyl (C=O) groups excluding carboxylic acids is 2. The number of ether oxygens (including phenoxy) is 2. The number of sulfonamides is 1. The molecule has 1 saturated heterocycles. The minimum Gasteiger partial charge on any atom is -0.497 e. The Bertz CT molecular complexity index is 1070. The zero-order chi connectivity index (χ0) is 23.1. The number of primary amides is 1. The van der Waals surface area contributed by atoms with E-state index in [1.807, 2.05) is 4.90 Å². The maximum atomic E-state index is 13.3. The van der Waals surface area contributed by atoms with Crippen LogP contribution in [0.5, 0.6) is 5.75 Å². The van der Waals surface area contributed by atoms with E-state index in [9.17, 15) is 18.0 Å². The zero-order valence-electron chi connectivity index (χ0n) is 17.5. The fourth-order valence-electron chi connectivity index (χ4n) is 3.11. The summed E-state index contributed by atoms with van der Waals surface area (Å²) < 4.78 is 39.6. The second-order valence-electron chi connectivity index (χ2n) is 6.88. The quantitative estimate of drug-likeness (QED) is 0.455. The fraction of sp³-hybridized carbons (Fsp3) is 0.300. The number of nitrogens with two attached hydrogens (primary N) is 1. The van der Waals surface area contributed by atoms with E-state index in [1.165, 1.54) is 13.2 Å². The van der Waals surface area contributed by atoms with E-state index in [-0.39, 0.29) is 17.1 Å². The first-order chi connectivity index (χ1) is 15.3. The van der Waals surface area contributed by atoms with Crippen LogP contribution in [0.15, 0.2) is 47.4 Å². The number of hydrogen-bond donors (Lipinski definition) is 4. The summed E-state index contributed by atoms with van der Waals surface area (Å²) in [4.78, 5) is 24.7. The number of hydrogen-bond acceptors (Lipinski definition) is 7. The van der Waals surface area contributed by atoms with Gasteiger partial charge in [-0.1, -0.05) is 0 Å². The second-order valence-corrected chi connectivity index (χ2v) is 8.53. The number of urea groups is 1. The van der Waals surface area contributed by atoms with Crippen molar-refractivity contribution in [2.45, 2.75) is 4.90 Å². The predicted octanol–water partition coefficient (Wildman–Crippen LogP) is 0.939. The molecular weight excluding hydrogens is 438 g/mol. The molecule has 12 heteroatoms. The minimum atomic E-state index is -4.01. The lowest BCUT2D eigenvalue weighted by Crippen LogP contribution is -2.37. The molecule has 0 aliphatic carbocycles. The van der Waals surface area contributed by atoms with Crippen LogP contribution in [0.3, 0.4) is 0 Å². The maximum absolute atomic E-state index is 13.3. The molecule has 1 aliphatic heterocycles. The molecule has 3 amide bonds. The Morgan fingerprint density at radius 1 is 1.09 bits per heavy atom. The van der Waals surface area contributed by atoms with Gasteiger partial charge in [-0.3, -0.25) is 9.52 Å². The molecule has 1 aliphatic rings. The molecule has 0 saturated carbocycles. The lowest BCUT2D eigenvalue weighted by molar-refractivity contribution is -0.115. The van der Waals surface area contributed by atoms with Crippen LogP contribution in [0.25, 0.3) is 0 Å². The normalized spacial score (nSPS) is 13.8. The summed E-state index contributed by atoms with van der Waals surface area (Å²) >= 11 is 0. The molecule has 0 aromatic heterocycles. The van der Waals surface area contributed by atoms with Crippen molar-refractivity contribution in [1.29, 1.82) is 0 Å². The highest BCUT2D eigenvalue weighted by Crippen LogP contribution is 2.31. The monoisotopic (exact) mass is 463 g/mol. The number of benzene rings is 2. The molecule has 1 fully saturated rings. The Morgan fingerprint density at radius 2 is 1.75 bits per heavy atom. The fourth-order valence-corrected chi connectivity index (χ4v) is 4.43.